The standard InChI is InChI=1S/C27H35ClFN5O2.C26H33ClFN5O2.2C25H31ClFN5O3/c1-14(2)36-24-19(15(3)26-32-17(5)23-25(30)31-11-12-34(23)26)13-20(28)22(29)21(24)27(35)33-16(4)18-9-7-6-8-10-18;1-13(2)35-23-18(14(3)25-31-16(5)22-24(29)30-10-11-33(22)25)12-19(27)21(28)20(23)26(34)32-15(4)17-8-6-7-9-17;1-13(2)35-22-17(14(3)24-31-15(4)21-23(28)29-8-9-32(21)24)11-18(26)20(27)19(22)25(33)30-7-5-16-6-10-34-12-16;1-13(2)35-22-17(14(3)24-31-15(4)21-23(28)29-7-8-32(21)24)10-18(26)20(27)19(22)25(33)30-11-16-6-5-9-34-12-16/h11-16,18H,6-10H2,1-5H3,(H2,30,31)(H,33,35);10-15,17H,6-9H2,1-5H3,(H2,29,30)(H,32,34);8-9,11,13-14,16H,5-7,10,12H2,1-4H3,(H2,28,29)(H,30,33);7-8,10,13-14,16H,5-6,9,11-12H2,1-4H3,(H2,28,29)(H,30,33). The number of amides is 4. The number of nitrogens with one attached hydrogen (secondary N) is 4. The monoisotopic (exact) mass is 2020 g/mol. The molecule has 2 saturated heterocycles. The summed E-state index contributed by atoms with van der Waals surface area (Å²) in [5.74, 6) is -0.852. The molecule has 12 aromatic rings. The van der Waals surface area contributed by atoms with Crippen LogP contribution in [0.2, 0.25) is 20.1 Å². The molecule has 2 aliphatic carbocycles. The number of ether oxygens (including phenoxy) is 6. The van der Waals surface area contributed by atoms with Crippen LogP contribution in [0.1, 0.15) is 314 Å². The van der Waals surface area contributed by atoms with Gasteiger partial charge in [0, 0.05) is 140 Å². The molecule has 8 aromatic heterocycles. The molecule has 2 aliphatic heterocycles. The van der Waals surface area contributed by atoms with E-state index in [0.29, 0.717) is 146 Å². The molecule has 141 heavy (non-hydrogen) atoms. The van der Waals surface area contributed by atoms with Crippen molar-refractivity contribution >= 4 is 115 Å². The Morgan fingerprint density at radius 1 is 0.390 bits per heavy atom. The molecule has 0 radical (unpaired) electrons. The second-order valence-corrected chi connectivity index (χ2v) is 39.9. The molecule has 38 heteroatoms. The normalized spacial score (nSPS) is 16.6. The molecule has 0 bridgehead atoms. The molecule has 12 N–H and O–H groups in total. The zero-order chi connectivity index (χ0) is 102. The van der Waals surface area contributed by atoms with E-state index in [1.807, 2.05) is 142 Å². The first kappa shape index (κ1) is 107. The number of fused-ring (bicyclic) bond motifs is 4. The van der Waals surface area contributed by atoms with Crippen molar-refractivity contribution in [3.8, 4) is 23.0 Å². The van der Waals surface area contributed by atoms with Crippen LogP contribution in [0.25, 0.3) is 22.1 Å². The van der Waals surface area contributed by atoms with E-state index in [2.05, 4.69) is 41.2 Å². The van der Waals surface area contributed by atoms with E-state index in [9.17, 15) is 19.2 Å². The Bertz CT molecular complexity index is 6550. The molecule has 10 heterocycles. The van der Waals surface area contributed by atoms with Gasteiger partial charge in [-0.25, -0.2) is 57.4 Å². The second kappa shape index (κ2) is 46.7. The summed E-state index contributed by atoms with van der Waals surface area (Å²) >= 11 is 25.3. The first-order valence-corrected chi connectivity index (χ1v) is 50.0. The van der Waals surface area contributed by atoms with E-state index in [4.69, 9.17) is 118 Å². The van der Waals surface area contributed by atoms with Gasteiger partial charge >= 0.3 is 0 Å². The topological polar surface area (TPSA) is 397 Å². The van der Waals surface area contributed by atoms with Gasteiger partial charge in [-0.1, -0.05) is 106 Å². The summed E-state index contributed by atoms with van der Waals surface area (Å²) in [6.45, 7) is 37.2. The summed E-state index contributed by atoms with van der Waals surface area (Å²) in [7, 11) is 0. The number of nitrogen functional groups attached to an aromatic ring is 4. The number of hydrogen-bond donors (Lipinski definition) is 8. The van der Waals surface area contributed by atoms with E-state index >= 15 is 17.6 Å². The van der Waals surface area contributed by atoms with Crippen LogP contribution < -0.4 is 63.1 Å². The molecule has 0 spiro atoms. The average Bonchev–Trinajstić information content (AvgIpc) is 1.67. The van der Waals surface area contributed by atoms with Gasteiger partial charge in [0.15, 0.2) is 23.3 Å². The molecule has 2 saturated carbocycles. The molecule has 8 unspecified atom stereocenters. The molecule has 758 valence electrons. The minimum Gasteiger partial charge on any atom is -0.490 e. The highest BCUT2D eigenvalue weighted by Crippen LogP contribution is 2.47. The van der Waals surface area contributed by atoms with E-state index in [0.717, 1.165) is 102 Å². The molecule has 4 aromatic carbocycles. The third kappa shape index (κ3) is 23.8. The Balaban J connectivity index is 0.000000158. The number of carbonyl (C=O) groups excluding carboxylic acids is 4. The van der Waals surface area contributed by atoms with E-state index in [1.165, 1.54) is 30.7 Å². The van der Waals surface area contributed by atoms with Gasteiger partial charge in [-0.05, 0) is 196 Å². The fourth-order valence-electron chi connectivity index (χ4n) is 19.4. The largest absolute Gasteiger partial charge is 0.490 e. The average molecular weight is 2030 g/mol. The lowest BCUT2D eigenvalue weighted by molar-refractivity contribution is 0.0535. The van der Waals surface area contributed by atoms with Gasteiger partial charge in [0.25, 0.3) is 23.6 Å². The smallest absolute Gasteiger partial charge is 0.258 e. The summed E-state index contributed by atoms with van der Waals surface area (Å²) in [5, 5.41) is 11.1. The fourth-order valence-corrected chi connectivity index (χ4v) is 20.2. The van der Waals surface area contributed by atoms with Crippen molar-refractivity contribution in [1.29, 1.82) is 0 Å². The number of anilines is 4. The number of rotatable bonds is 29. The number of aryl methyl sites for hydroxylation is 4. The second-order valence-electron chi connectivity index (χ2n) is 38.3. The lowest BCUT2D eigenvalue weighted by atomic mass is 9.84. The molecule has 30 nitrogen and oxygen atoms in total. The zero-order valence-electron chi connectivity index (χ0n) is 83.2. The Morgan fingerprint density at radius 3 is 0.957 bits per heavy atom. The molecular weight excluding hydrogens is 1900 g/mol. The fraction of sp³-hybridized carbons (Fsp3) is 0.495. The maximum Gasteiger partial charge on any atom is 0.258 e. The van der Waals surface area contributed by atoms with Crippen molar-refractivity contribution in [2.75, 3.05) is 62.5 Å². The number of nitrogens with zero attached hydrogens (tertiary/aromatic N) is 12. The van der Waals surface area contributed by atoms with Gasteiger partial charge < -0.3 is 72.6 Å². The summed E-state index contributed by atoms with van der Waals surface area (Å²) < 4.78 is 104. The minimum atomic E-state index is -0.812. The summed E-state index contributed by atoms with van der Waals surface area (Å²) in [5.41, 5.74) is 31.5. The minimum absolute atomic E-state index is 0.0782. The van der Waals surface area contributed by atoms with Crippen LogP contribution in [0.15, 0.2) is 73.8 Å². The number of hydrogen-bond acceptors (Lipinski definition) is 22. The van der Waals surface area contributed by atoms with Crippen LogP contribution in [0.5, 0.6) is 23.0 Å². The van der Waals surface area contributed by atoms with Gasteiger partial charge in [-0.15, -0.1) is 0 Å². The molecule has 4 aliphatic rings. The Labute approximate surface area is 839 Å². The van der Waals surface area contributed by atoms with E-state index < -0.39 is 58.7 Å². The lowest BCUT2D eigenvalue weighted by Gasteiger charge is -2.29. The first-order valence-electron chi connectivity index (χ1n) is 48.5. The third-order valence-corrected chi connectivity index (χ3v) is 27.6. The Morgan fingerprint density at radius 2 is 0.674 bits per heavy atom. The lowest BCUT2D eigenvalue weighted by Crippen LogP contribution is -2.39. The highest BCUT2D eigenvalue weighted by atomic mass is 35.5. The highest BCUT2D eigenvalue weighted by Gasteiger charge is 2.39. The SMILES string of the molecule is Cc1nc(C(C)c2cc(Cl)c(F)c(C(=O)NC(C)C3CCCC3)c2OC(C)C)n2ccnc(N)c12.Cc1nc(C(C)c2cc(Cl)c(F)c(C(=O)NC(C)C3CCCCC3)c2OC(C)C)n2ccnc(N)c12.Cc1nc(C(C)c2cc(Cl)c(F)c(C(=O)NCC3CCCOC3)c2OC(C)C)n2ccnc(N)c12.Cc1nc(C(C)c2cc(Cl)c(F)c(C(=O)NCCC3CCOC3)c2OC(C)C)n2ccnc(N)c12. The van der Waals surface area contributed by atoms with Crippen molar-refractivity contribution in [2.45, 2.75) is 268 Å². The van der Waals surface area contributed by atoms with Gasteiger partial charge in [0.2, 0.25) is 0 Å². The summed E-state index contributed by atoms with van der Waals surface area (Å²) in [6, 6.07) is 5.90. The Hall–Kier alpha value is -11.6. The van der Waals surface area contributed by atoms with Crippen LogP contribution in [0, 0.1) is 74.6 Å². The number of aromatic nitrogens is 12. The maximum atomic E-state index is 15.5. The third-order valence-electron chi connectivity index (χ3n) is 26.5. The van der Waals surface area contributed by atoms with Crippen LogP contribution >= 0.6 is 46.4 Å². The van der Waals surface area contributed by atoms with E-state index in [-0.39, 0.29) is 120 Å². The van der Waals surface area contributed by atoms with Crippen molar-refractivity contribution in [3.05, 3.63) is 208 Å². The van der Waals surface area contributed by atoms with Gasteiger partial charge in [0.05, 0.1) is 73.9 Å². The summed E-state index contributed by atoms with van der Waals surface area (Å²) in [6.07, 6.45) is 26.0. The number of benzene rings is 4. The zero-order valence-corrected chi connectivity index (χ0v) is 86.3. The van der Waals surface area contributed by atoms with E-state index in [1.54, 1.807) is 49.6 Å². The summed E-state index contributed by atoms with van der Waals surface area (Å²) in [4.78, 5) is 88.9. The maximum absolute atomic E-state index is 15.5. The number of halogens is 8. The van der Waals surface area contributed by atoms with Crippen molar-refractivity contribution < 1.29 is 65.2 Å². The number of carbonyl (C=O) groups is 4. The predicted molar refractivity (Wildman–Crippen MR) is 541 cm³/mol. The van der Waals surface area contributed by atoms with Gasteiger partial charge in [-0.3, -0.25) is 36.8 Å². The Kier molecular flexibility index (Phi) is 35.3. The molecular formula is C103H130Cl4F4N20O10. The quantitative estimate of drug-likeness (QED) is 0.0202. The molecule has 4 amide bonds. The predicted octanol–water partition coefficient (Wildman–Crippen LogP) is 20.7. The number of imidazole rings is 4. The van der Waals surface area contributed by atoms with Gasteiger partial charge in [-0.2, -0.15) is 0 Å². The van der Waals surface area contributed by atoms with Crippen LogP contribution in [0.3, 0.4) is 0 Å². The van der Waals surface area contributed by atoms with Crippen LogP contribution in [0.4, 0.5) is 40.8 Å². The van der Waals surface area contributed by atoms with Crippen LogP contribution in [-0.2, 0) is 9.47 Å². The van der Waals surface area contributed by atoms with Crippen molar-refractivity contribution in [1.82, 2.24) is 78.7 Å². The van der Waals surface area contributed by atoms with Gasteiger partial charge in [0.1, 0.15) is 114 Å². The van der Waals surface area contributed by atoms with Crippen molar-refractivity contribution in [3.63, 3.8) is 0 Å². The number of nitrogens with two attached hydrogens (primary N) is 4. The molecule has 4 fully saturated rings. The first-order chi connectivity index (χ1) is 67.1. The molecule has 8 atom stereocenters. The highest BCUT2D eigenvalue weighted by molar-refractivity contribution is 6.32. The van der Waals surface area contributed by atoms with Crippen molar-refractivity contribution in [2.24, 2.45) is 23.7 Å². The molecule has 16 rings (SSSR count). The van der Waals surface area contributed by atoms with Crippen LogP contribution in [-0.4, -0.2) is 157 Å².